The fourth-order valence-corrected chi connectivity index (χ4v) is 2.98. The molecule has 4 nitrogen and oxygen atoms in total. The monoisotopic (exact) mass is 328 g/mol. The lowest BCUT2D eigenvalue weighted by molar-refractivity contribution is -0.119. The first-order chi connectivity index (χ1) is 10.2. The number of hydrogen-bond acceptors (Lipinski definition) is 3. The van der Waals surface area contributed by atoms with Gasteiger partial charge in [-0.05, 0) is 50.8 Å². The van der Waals surface area contributed by atoms with Crippen molar-refractivity contribution >= 4 is 24.0 Å². The van der Waals surface area contributed by atoms with Crippen LogP contribution < -0.4 is 15.4 Å². The average molecular weight is 329 g/mol. The van der Waals surface area contributed by atoms with Crippen molar-refractivity contribution in [1.82, 2.24) is 5.32 Å². The minimum absolute atomic E-state index is 0. The molecule has 1 heterocycles. The van der Waals surface area contributed by atoms with Gasteiger partial charge in [-0.2, -0.15) is 0 Å². The van der Waals surface area contributed by atoms with Crippen molar-refractivity contribution in [3.63, 3.8) is 0 Å². The molecule has 3 rings (SSSR count). The van der Waals surface area contributed by atoms with E-state index in [4.69, 9.17) is 4.74 Å². The summed E-state index contributed by atoms with van der Waals surface area (Å²) in [7, 11) is 0. The number of hydrogen-bond donors (Lipinski definition) is 2. The molecule has 1 aliphatic carbocycles. The van der Waals surface area contributed by atoms with Gasteiger partial charge in [0.1, 0.15) is 0 Å². The topological polar surface area (TPSA) is 50.4 Å². The lowest BCUT2D eigenvalue weighted by atomic mass is 10.1. The van der Waals surface area contributed by atoms with E-state index in [1.807, 2.05) is 0 Å². The Bertz CT molecular complexity index is 515. The summed E-state index contributed by atoms with van der Waals surface area (Å²) in [6, 6.07) is 4.65. The molecule has 0 bridgehead atoms. The van der Waals surface area contributed by atoms with Gasteiger partial charge in [-0.25, -0.2) is 4.39 Å². The van der Waals surface area contributed by atoms with Crippen LogP contribution in [-0.4, -0.2) is 25.1 Å². The molecular weight excluding hydrogens is 307 g/mol. The molecule has 1 atom stereocenters. The van der Waals surface area contributed by atoms with Crippen molar-refractivity contribution in [2.24, 2.45) is 5.92 Å². The van der Waals surface area contributed by atoms with Crippen LogP contribution in [0.3, 0.4) is 0 Å². The summed E-state index contributed by atoms with van der Waals surface area (Å²) in [4.78, 5) is 12.0. The van der Waals surface area contributed by atoms with Crippen LogP contribution in [0, 0.1) is 11.7 Å². The van der Waals surface area contributed by atoms with Crippen LogP contribution in [0.15, 0.2) is 18.2 Å². The zero-order chi connectivity index (χ0) is 14.7. The van der Waals surface area contributed by atoms with E-state index in [0.29, 0.717) is 12.2 Å². The quantitative estimate of drug-likeness (QED) is 0.893. The summed E-state index contributed by atoms with van der Waals surface area (Å²) in [6.45, 7) is 1.55. The molecule has 1 aromatic carbocycles. The van der Waals surface area contributed by atoms with Gasteiger partial charge in [-0.1, -0.05) is 0 Å². The second-order valence-corrected chi connectivity index (χ2v) is 5.85. The molecule has 2 aliphatic rings. The standard InChI is InChI=1S/C16H21FN2O2.ClH/c17-14-9-12(19-16(20)11-7-8-18-10-11)5-6-15(14)21-13-3-1-2-4-13;/h5-6,9,11,13,18H,1-4,7-8,10H2,(H,19,20);1H. The number of anilines is 1. The number of benzene rings is 1. The highest BCUT2D eigenvalue weighted by Crippen LogP contribution is 2.27. The lowest BCUT2D eigenvalue weighted by Crippen LogP contribution is -2.24. The highest BCUT2D eigenvalue weighted by molar-refractivity contribution is 5.92. The summed E-state index contributed by atoms with van der Waals surface area (Å²) >= 11 is 0. The number of ether oxygens (including phenoxy) is 1. The second-order valence-electron chi connectivity index (χ2n) is 5.85. The Hall–Kier alpha value is -1.33. The van der Waals surface area contributed by atoms with E-state index in [2.05, 4.69) is 10.6 Å². The molecule has 1 aromatic rings. The Balaban J connectivity index is 0.00000176. The summed E-state index contributed by atoms with van der Waals surface area (Å²) in [6.07, 6.45) is 5.24. The van der Waals surface area contributed by atoms with Crippen molar-refractivity contribution in [2.75, 3.05) is 18.4 Å². The van der Waals surface area contributed by atoms with Gasteiger partial charge in [0.15, 0.2) is 11.6 Å². The van der Waals surface area contributed by atoms with Crippen molar-refractivity contribution < 1.29 is 13.9 Å². The molecule has 2 N–H and O–H groups in total. The third-order valence-corrected chi connectivity index (χ3v) is 4.23. The van der Waals surface area contributed by atoms with Crippen molar-refractivity contribution in [1.29, 1.82) is 0 Å². The number of carbonyl (C=O) groups is 1. The number of carbonyl (C=O) groups excluding carboxylic acids is 1. The van der Waals surface area contributed by atoms with Crippen molar-refractivity contribution in [2.45, 2.75) is 38.2 Å². The van der Waals surface area contributed by atoms with Crippen molar-refractivity contribution in [3.05, 3.63) is 24.0 Å². The zero-order valence-corrected chi connectivity index (χ0v) is 13.3. The summed E-state index contributed by atoms with van der Waals surface area (Å²) in [5.74, 6) is -0.210. The maximum atomic E-state index is 14.0. The van der Waals surface area contributed by atoms with Crippen LogP contribution in [0.4, 0.5) is 10.1 Å². The molecule has 22 heavy (non-hydrogen) atoms. The highest BCUT2D eigenvalue weighted by Gasteiger charge is 2.23. The average Bonchev–Trinajstić information content (AvgIpc) is 3.14. The molecule has 0 aromatic heterocycles. The number of nitrogens with one attached hydrogen (secondary N) is 2. The summed E-state index contributed by atoms with van der Waals surface area (Å²) in [5, 5.41) is 5.92. The lowest BCUT2D eigenvalue weighted by Gasteiger charge is -2.15. The summed E-state index contributed by atoms with van der Waals surface area (Å²) < 4.78 is 19.7. The van der Waals surface area contributed by atoms with Crippen LogP contribution in [0.5, 0.6) is 5.75 Å². The van der Waals surface area contributed by atoms with Gasteiger partial charge in [0, 0.05) is 18.3 Å². The van der Waals surface area contributed by atoms with Gasteiger partial charge >= 0.3 is 0 Å². The predicted molar refractivity (Wildman–Crippen MR) is 86.1 cm³/mol. The minimum atomic E-state index is -0.413. The van der Waals surface area contributed by atoms with Gasteiger partial charge in [-0.3, -0.25) is 4.79 Å². The Labute approximate surface area is 136 Å². The van der Waals surface area contributed by atoms with Crippen LogP contribution >= 0.6 is 12.4 Å². The molecule has 0 radical (unpaired) electrons. The largest absolute Gasteiger partial charge is 0.487 e. The van der Waals surface area contributed by atoms with E-state index in [-0.39, 0.29) is 36.1 Å². The molecule has 2 fully saturated rings. The molecule has 122 valence electrons. The predicted octanol–water partition coefficient (Wildman–Crippen LogP) is 3.12. The van der Waals surface area contributed by atoms with Crippen molar-refractivity contribution in [3.8, 4) is 5.75 Å². The first-order valence-corrected chi connectivity index (χ1v) is 7.70. The smallest absolute Gasteiger partial charge is 0.228 e. The number of rotatable bonds is 4. The molecular formula is C16H22ClFN2O2. The van der Waals surface area contributed by atoms with Crippen LogP contribution in [0.2, 0.25) is 0 Å². The van der Waals surface area contributed by atoms with Crippen LogP contribution in [-0.2, 0) is 4.79 Å². The van der Waals surface area contributed by atoms with E-state index in [1.165, 1.54) is 6.07 Å². The minimum Gasteiger partial charge on any atom is -0.487 e. The van der Waals surface area contributed by atoms with Gasteiger partial charge in [0.05, 0.1) is 12.0 Å². The van der Waals surface area contributed by atoms with Gasteiger partial charge in [-0.15, -0.1) is 12.4 Å². The zero-order valence-electron chi connectivity index (χ0n) is 12.4. The number of amides is 1. The van der Waals surface area contributed by atoms with E-state index < -0.39 is 5.82 Å². The van der Waals surface area contributed by atoms with Gasteiger partial charge in [0.25, 0.3) is 0 Å². The maximum absolute atomic E-state index is 14.0. The fourth-order valence-electron chi connectivity index (χ4n) is 2.98. The third-order valence-electron chi connectivity index (χ3n) is 4.23. The highest BCUT2D eigenvalue weighted by atomic mass is 35.5. The first-order valence-electron chi connectivity index (χ1n) is 7.70. The fraction of sp³-hybridized carbons (Fsp3) is 0.562. The Morgan fingerprint density at radius 2 is 2.05 bits per heavy atom. The van der Waals surface area contributed by atoms with Gasteiger partial charge in [0.2, 0.25) is 5.91 Å². The molecule has 0 spiro atoms. The molecule has 1 saturated carbocycles. The molecule has 1 amide bonds. The molecule has 1 saturated heterocycles. The SMILES string of the molecule is Cl.O=C(Nc1ccc(OC2CCCC2)c(F)c1)C1CCNC1. The third kappa shape index (κ3) is 4.11. The van der Waals surface area contributed by atoms with Crippen LogP contribution in [0.1, 0.15) is 32.1 Å². The molecule has 1 unspecified atom stereocenters. The molecule has 1 aliphatic heterocycles. The Morgan fingerprint density at radius 1 is 1.27 bits per heavy atom. The Morgan fingerprint density at radius 3 is 2.68 bits per heavy atom. The molecule has 6 heteroatoms. The normalized spacial score (nSPS) is 21.4. The Kier molecular flexibility index (Phi) is 6.03. The summed E-state index contributed by atoms with van der Waals surface area (Å²) in [5.41, 5.74) is 0.489. The van der Waals surface area contributed by atoms with Gasteiger partial charge < -0.3 is 15.4 Å². The van der Waals surface area contributed by atoms with E-state index in [9.17, 15) is 9.18 Å². The number of halogens is 2. The maximum Gasteiger partial charge on any atom is 0.228 e. The first kappa shape index (κ1) is 17.0. The van der Waals surface area contributed by atoms with E-state index in [1.54, 1.807) is 12.1 Å². The van der Waals surface area contributed by atoms with Crippen LogP contribution in [0.25, 0.3) is 0 Å². The van der Waals surface area contributed by atoms with E-state index >= 15 is 0 Å². The van der Waals surface area contributed by atoms with E-state index in [0.717, 1.165) is 38.6 Å². The second kappa shape index (κ2) is 7.79.